The minimum absolute atomic E-state index is 0.493. The monoisotopic (exact) mass is 224 g/mol. The van der Waals surface area contributed by atoms with Crippen molar-refractivity contribution in [3.63, 3.8) is 0 Å². The third-order valence-electron chi connectivity index (χ3n) is 2.86. The van der Waals surface area contributed by atoms with Crippen molar-refractivity contribution in [2.24, 2.45) is 0 Å². The van der Waals surface area contributed by atoms with Crippen molar-refractivity contribution in [1.82, 2.24) is 0 Å². The molecule has 1 fully saturated rings. The number of hydrogen-bond acceptors (Lipinski definition) is 2. The summed E-state index contributed by atoms with van der Waals surface area (Å²) in [5, 5.41) is 0. The smallest absolute Gasteiger partial charge is 0.150 e. The van der Waals surface area contributed by atoms with Crippen LogP contribution in [0, 0.1) is 0 Å². The van der Waals surface area contributed by atoms with Crippen molar-refractivity contribution in [3.8, 4) is 0 Å². The zero-order chi connectivity index (χ0) is 10.7. The molecular weight excluding hydrogens is 211 g/mol. The van der Waals surface area contributed by atoms with E-state index >= 15 is 0 Å². The molecule has 0 unspecified atom stereocenters. The van der Waals surface area contributed by atoms with E-state index in [0.29, 0.717) is 24.0 Å². The van der Waals surface area contributed by atoms with Gasteiger partial charge < -0.3 is 0 Å². The van der Waals surface area contributed by atoms with Gasteiger partial charge in [0.2, 0.25) is 0 Å². The van der Waals surface area contributed by atoms with Crippen molar-refractivity contribution in [2.75, 3.05) is 11.5 Å². The average molecular weight is 224 g/mol. The maximum Gasteiger partial charge on any atom is 0.150 e. The molecule has 0 aromatic heterocycles. The molecule has 3 heteroatoms. The second-order valence-corrected chi connectivity index (χ2v) is 5.01. The molecule has 0 N–H and O–H groups in total. The number of carbonyl (C=O) groups excluding carboxylic acids is 1. The van der Waals surface area contributed by atoms with Crippen LogP contribution in [0.1, 0.15) is 28.8 Å². The van der Waals surface area contributed by atoms with Crippen molar-refractivity contribution in [2.45, 2.75) is 18.5 Å². The highest BCUT2D eigenvalue weighted by atomic mass is 32.2. The Hall–Kier alpha value is -0.830. The average Bonchev–Trinajstić information content (AvgIpc) is 2.30. The number of aldehydes is 1. The third-order valence-corrected chi connectivity index (χ3v) is 3.84. The predicted octanol–water partition coefficient (Wildman–Crippen LogP) is 3.19. The van der Waals surface area contributed by atoms with Gasteiger partial charge in [0.15, 0.2) is 0 Å². The van der Waals surface area contributed by atoms with Crippen LogP contribution in [-0.2, 0) is 5.67 Å². The number of thioether (sulfide) groups is 1. The Kier molecular flexibility index (Phi) is 3.10. The Morgan fingerprint density at radius 2 is 1.93 bits per heavy atom. The summed E-state index contributed by atoms with van der Waals surface area (Å²) in [4.78, 5) is 10.8. The summed E-state index contributed by atoms with van der Waals surface area (Å²) in [5.74, 6) is 1.67. The number of rotatable bonds is 2. The van der Waals surface area contributed by atoms with Gasteiger partial charge in [0.05, 0.1) is 0 Å². The van der Waals surface area contributed by atoms with Gasteiger partial charge in [-0.2, -0.15) is 11.8 Å². The highest BCUT2D eigenvalue weighted by Crippen LogP contribution is 2.40. The number of carbonyl (C=O) groups is 1. The van der Waals surface area contributed by atoms with Crippen LogP contribution >= 0.6 is 11.8 Å². The summed E-state index contributed by atoms with van der Waals surface area (Å²) in [6.45, 7) is 0. The lowest BCUT2D eigenvalue weighted by atomic mass is 9.87. The summed E-state index contributed by atoms with van der Waals surface area (Å²) in [7, 11) is 0. The first-order valence-electron chi connectivity index (χ1n) is 5.08. The van der Waals surface area contributed by atoms with Crippen molar-refractivity contribution < 1.29 is 9.18 Å². The van der Waals surface area contributed by atoms with E-state index in [9.17, 15) is 9.18 Å². The fourth-order valence-electron chi connectivity index (χ4n) is 1.97. The normalized spacial score (nSPS) is 19.8. The van der Waals surface area contributed by atoms with E-state index < -0.39 is 5.67 Å². The molecule has 0 spiro atoms. The van der Waals surface area contributed by atoms with Gasteiger partial charge in [-0.25, -0.2) is 4.39 Å². The molecule has 0 bridgehead atoms. The zero-order valence-corrected chi connectivity index (χ0v) is 9.23. The van der Waals surface area contributed by atoms with Gasteiger partial charge in [0, 0.05) is 5.56 Å². The Bertz CT molecular complexity index is 358. The Morgan fingerprint density at radius 1 is 1.27 bits per heavy atom. The van der Waals surface area contributed by atoms with Crippen LogP contribution in [0.2, 0.25) is 0 Å². The first kappa shape index (κ1) is 10.7. The first-order chi connectivity index (χ1) is 7.26. The highest BCUT2D eigenvalue weighted by molar-refractivity contribution is 7.99. The topological polar surface area (TPSA) is 17.1 Å². The SMILES string of the molecule is O=Cc1ccccc1C1(F)CCSCC1. The second kappa shape index (κ2) is 4.35. The molecule has 1 aromatic rings. The molecule has 1 aliphatic rings. The van der Waals surface area contributed by atoms with Crippen molar-refractivity contribution in [3.05, 3.63) is 35.4 Å². The van der Waals surface area contributed by atoms with Crippen LogP contribution in [0.4, 0.5) is 4.39 Å². The highest BCUT2D eigenvalue weighted by Gasteiger charge is 2.35. The maximum atomic E-state index is 14.6. The lowest BCUT2D eigenvalue weighted by molar-refractivity contribution is 0.110. The molecule has 15 heavy (non-hydrogen) atoms. The van der Waals surface area contributed by atoms with Gasteiger partial charge in [-0.1, -0.05) is 24.3 Å². The number of halogens is 1. The molecule has 0 atom stereocenters. The Labute approximate surface area is 93.1 Å². The first-order valence-corrected chi connectivity index (χ1v) is 6.23. The molecule has 0 amide bonds. The van der Waals surface area contributed by atoms with E-state index in [1.807, 2.05) is 0 Å². The Morgan fingerprint density at radius 3 is 2.60 bits per heavy atom. The molecule has 0 saturated carbocycles. The van der Waals surface area contributed by atoms with E-state index in [4.69, 9.17) is 0 Å². The standard InChI is InChI=1S/C12H13FOS/c13-12(5-7-15-8-6-12)11-4-2-1-3-10(11)9-14/h1-4,9H,5-8H2. The summed E-state index contributed by atoms with van der Waals surface area (Å²) in [6.07, 6.45) is 1.78. The van der Waals surface area contributed by atoms with Gasteiger partial charge in [0.25, 0.3) is 0 Å². The molecule has 1 aromatic carbocycles. The molecule has 0 aliphatic carbocycles. The number of hydrogen-bond donors (Lipinski definition) is 0. The van der Waals surface area contributed by atoms with Crippen molar-refractivity contribution in [1.29, 1.82) is 0 Å². The quantitative estimate of drug-likeness (QED) is 0.718. The molecule has 80 valence electrons. The van der Waals surface area contributed by atoms with Crippen molar-refractivity contribution >= 4 is 18.0 Å². The van der Waals surface area contributed by atoms with Gasteiger partial charge in [-0.05, 0) is 29.9 Å². The lowest BCUT2D eigenvalue weighted by Gasteiger charge is -2.30. The van der Waals surface area contributed by atoms with Gasteiger partial charge in [-0.3, -0.25) is 4.79 Å². The molecule has 1 saturated heterocycles. The molecule has 0 radical (unpaired) electrons. The minimum Gasteiger partial charge on any atom is -0.298 e. The maximum absolute atomic E-state index is 14.6. The fourth-order valence-corrected chi connectivity index (χ4v) is 3.11. The van der Waals surface area contributed by atoms with E-state index in [1.54, 1.807) is 36.0 Å². The van der Waals surface area contributed by atoms with Crippen LogP contribution in [0.25, 0.3) is 0 Å². The zero-order valence-electron chi connectivity index (χ0n) is 8.41. The Balaban J connectivity index is 2.38. The van der Waals surface area contributed by atoms with Crippen LogP contribution in [0.5, 0.6) is 0 Å². The van der Waals surface area contributed by atoms with Crippen LogP contribution in [0.3, 0.4) is 0 Å². The summed E-state index contributed by atoms with van der Waals surface area (Å²) in [6, 6.07) is 6.99. The van der Waals surface area contributed by atoms with Crippen LogP contribution < -0.4 is 0 Å². The van der Waals surface area contributed by atoms with Gasteiger partial charge >= 0.3 is 0 Å². The van der Waals surface area contributed by atoms with E-state index in [0.717, 1.165) is 17.8 Å². The molecule has 1 heterocycles. The van der Waals surface area contributed by atoms with Crippen LogP contribution in [0.15, 0.2) is 24.3 Å². The molecule has 2 rings (SSSR count). The lowest BCUT2D eigenvalue weighted by Crippen LogP contribution is -2.27. The summed E-state index contributed by atoms with van der Waals surface area (Å²) in [5.41, 5.74) is -0.227. The molecule has 1 nitrogen and oxygen atoms in total. The summed E-state index contributed by atoms with van der Waals surface area (Å²) < 4.78 is 14.6. The molecular formula is C12H13FOS. The fraction of sp³-hybridized carbons (Fsp3) is 0.417. The minimum atomic E-state index is -1.29. The molecule has 1 aliphatic heterocycles. The van der Waals surface area contributed by atoms with Gasteiger partial charge in [0.1, 0.15) is 12.0 Å². The van der Waals surface area contributed by atoms with E-state index in [1.165, 1.54) is 0 Å². The van der Waals surface area contributed by atoms with Crippen LogP contribution in [-0.4, -0.2) is 17.8 Å². The summed E-state index contributed by atoms with van der Waals surface area (Å²) >= 11 is 1.78. The second-order valence-electron chi connectivity index (χ2n) is 3.78. The number of benzene rings is 1. The van der Waals surface area contributed by atoms with E-state index in [-0.39, 0.29) is 0 Å². The van der Waals surface area contributed by atoms with Gasteiger partial charge in [-0.15, -0.1) is 0 Å². The predicted molar refractivity (Wildman–Crippen MR) is 61.2 cm³/mol. The third kappa shape index (κ3) is 2.07. The number of alkyl halides is 1. The largest absolute Gasteiger partial charge is 0.298 e. The van der Waals surface area contributed by atoms with E-state index in [2.05, 4.69) is 0 Å².